The van der Waals surface area contributed by atoms with E-state index in [1.807, 2.05) is 67.8 Å². The van der Waals surface area contributed by atoms with Crippen LogP contribution in [0.15, 0.2) is 53.9 Å². The third-order valence-corrected chi connectivity index (χ3v) is 6.00. The van der Waals surface area contributed by atoms with Gasteiger partial charge in [-0.15, -0.1) is 11.3 Å². The lowest BCUT2D eigenvalue weighted by Crippen LogP contribution is -2.27. The zero-order valence-electron chi connectivity index (χ0n) is 17.9. The number of amides is 2. The number of benzene rings is 2. The van der Waals surface area contributed by atoms with E-state index >= 15 is 0 Å². The van der Waals surface area contributed by atoms with Crippen molar-refractivity contribution in [2.75, 3.05) is 17.7 Å². The zero-order valence-corrected chi connectivity index (χ0v) is 18.7. The lowest BCUT2D eigenvalue weighted by atomic mass is 10.0. The van der Waals surface area contributed by atoms with Crippen LogP contribution in [0.3, 0.4) is 0 Å². The number of methoxy groups -OCH3 is 1. The number of ether oxygens (including phenoxy) is 2. The molecular formula is C24H22N4O3S. The van der Waals surface area contributed by atoms with Crippen LogP contribution in [0, 0.1) is 0 Å². The van der Waals surface area contributed by atoms with Crippen molar-refractivity contribution in [2.24, 2.45) is 0 Å². The molecule has 0 aliphatic carbocycles. The highest BCUT2D eigenvalue weighted by Gasteiger charge is 2.25. The minimum absolute atomic E-state index is 0.377. The van der Waals surface area contributed by atoms with E-state index in [0.29, 0.717) is 22.9 Å². The Bertz CT molecular complexity index is 1340. The average molecular weight is 447 g/mol. The van der Waals surface area contributed by atoms with Crippen molar-refractivity contribution in [3.8, 4) is 22.2 Å². The predicted octanol–water partition coefficient (Wildman–Crippen LogP) is 6.13. The number of aromatic nitrogens is 2. The molecule has 32 heavy (non-hydrogen) atoms. The molecule has 5 rings (SSSR count). The van der Waals surface area contributed by atoms with Gasteiger partial charge < -0.3 is 25.1 Å². The monoisotopic (exact) mass is 446 g/mol. The lowest BCUT2D eigenvalue weighted by molar-refractivity contribution is 0.158. The van der Waals surface area contributed by atoms with Crippen LogP contribution >= 0.6 is 11.3 Å². The zero-order chi connectivity index (χ0) is 22.3. The second-order valence-electron chi connectivity index (χ2n) is 7.97. The van der Waals surface area contributed by atoms with Crippen LogP contribution in [-0.4, -0.2) is 28.7 Å². The number of hydrogen-bond donors (Lipinski definition) is 3. The second kappa shape index (κ2) is 7.72. The molecule has 1 aliphatic rings. The normalized spacial score (nSPS) is 14.0. The molecule has 162 valence electrons. The minimum Gasteiger partial charge on any atom is -0.494 e. The van der Waals surface area contributed by atoms with Crippen molar-refractivity contribution >= 4 is 45.9 Å². The molecule has 0 saturated heterocycles. The standard InChI is InChI=1S/C24H22N4O3S/c1-24(2)11-10-15-19(31-24)9-8-17(21(15)30-3)28-23(29)25-14-6-7-16-18(13-14)27-22(26-16)20-5-4-12-32-20/h4-13H,1-3H3,(H,26,27)(H2,25,28,29). The molecule has 3 N–H and O–H groups in total. The van der Waals surface area contributed by atoms with Gasteiger partial charge in [0.25, 0.3) is 0 Å². The maximum absolute atomic E-state index is 12.7. The molecule has 0 bridgehead atoms. The number of urea groups is 1. The van der Waals surface area contributed by atoms with E-state index < -0.39 is 5.60 Å². The Balaban J connectivity index is 1.35. The molecule has 0 unspecified atom stereocenters. The highest BCUT2D eigenvalue weighted by Crippen LogP contribution is 2.41. The van der Waals surface area contributed by atoms with E-state index in [2.05, 4.69) is 20.6 Å². The van der Waals surface area contributed by atoms with Crippen LogP contribution in [0.1, 0.15) is 19.4 Å². The first-order chi connectivity index (χ1) is 15.4. The van der Waals surface area contributed by atoms with Gasteiger partial charge in [-0.05, 0) is 67.8 Å². The van der Waals surface area contributed by atoms with Gasteiger partial charge >= 0.3 is 6.03 Å². The van der Waals surface area contributed by atoms with Crippen molar-refractivity contribution in [1.29, 1.82) is 0 Å². The number of anilines is 2. The number of hydrogen-bond acceptors (Lipinski definition) is 5. The van der Waals surface area contributed by atoms with Crippen molar-refractivity contribution in [2.45, 2.75) is 19.4 Å². The van der Waals surface area contributed by atoms with Crippen LogP contribution < -0.4 is 20.1 Å². The van der Waals surface area contributed by atoms with Crippen molar-refractivity contribution < 1.29 is 14.3 Å². The van der Waals surface area contributed by atoms with Crippen molar-refractivity contribution in [3.63, 3.8) is 0 Å². The number of nitrogens with zero attached hydrogens (tertiary/aromatic N) is 1. The van der Waals surface area contributed by atoms with Crippen LogP contribution in [-0.2, 0) is 0 Å². The molecule has 0 saturated carbocycles. The summed E-state index contributed by atoms with van der Waals surface area (Å²) in [6.45, 7) is 3.97. The Hall–Kier alpha value is -3.78. The number of rotatable bonds is 4. The van der Waals surface area contributed by atoms with Gasteiger partial charge in [-0.3, -0.25) is 0 Å². The van der Waals surface area contributed by atoms with Crippen molar-refractivity contribution in [1.82, 2.24) is 9.97 Å². The predicted molar refractivity (Wildman–Crippen MR) is 129 cm³/mol. The van der Waals surface area contributed by atoms with Gasteiger partial charge in [0.1, 0.15) is 17.2 Å². The Labute approximate surface area is 189 Å². The lowest BCUT2D eigenvalue weighted by Gasteiger charge is -2.29. The number of thiophene rings is 1. The molecular weight excluding hydrogens is 424 g/mol. The van der Waals surface area contributed by atoms with Crippen LogP contribution in [0.2, 0.25) is 0 Å². The highest BCUT2D eigenvalue weighted by atomic mass is 32.1. The Morgan fingerprint density at radius 2 is 2.06 bits per heavy atom. The van der Waals surface area contributed by atoms with E-state index in [0.717, 1.165) is 27.3 Å². The summed E-state index contributed by atoms with van der Waals surface area (Å²) in [6.07, 6.45) is 3.92. The van der Waals surface area contributed by atoms with Crippen LogP contribution in [0.4, 0.5) is 16.2 Å². The van der Waals surface area contributed by atoms with Crippen LogP contribution in [0.5, 0.6) is 11.5 Å². The number of aromatic amines is 1. The maximum atomic E-state index is 12.7. The first-order valence-electron chi connectivity index (χ1n) is 10.1. The fraction of sp³-hybridized carbons (Fsp3) is 0.167. The van der Waals surface area contributed by atoms with E-state index in [1.165, 1.54) is 0 Å². The molecule has 0 fully saturated rings. The number of fused-ring (bicyclic) bond motifs is 2. The van der Waals surface area contributed by atoms with Crippen LogP contribution in [0.25, 0.3) is 27.8 Å². The van der Waals surface area contributed by atoms with E-state index in [1.54, 1.807) is 24.5 Å². The Kier molecular flexibility index (Phi) is 4.86. The summed E-state index contributed by atoms with van der Waals surface area (Å²) in [5.41, 5.74) is 3.29. The molecule has 0 atom stereocenters. The fourth-order valence-electron chi connectivity index (χ4n) is 3.65. The third kappa shape index (κ3) is 3.80. The molecule has 4 aromatic rings. The number of carbonyl (C=O) groups excluding carboxylic acids is 1. The van der Waals surface area contributed by atoms with Crippen molar-refractivity contribution in [3.05, 3.63) is 59.5 Å². The molecule has 7 nitrogen and oxygen atoms in total. The Morgan fingerprint density at radius 1 is 1.19 bits per heavy atom. The maximum Gasteiger partial charge on any atom is 0.323 e. The van der Waals surface area contributed by atoms with Gasteiger partial charge in [-0.2, -0.15) is 0 Å². The largest absolute Gasteiger partial charge is 0.494 e. The SMILES string of the molecule is COc1c(NC(=O)Nc2ccc3[nH]c(-c4cccs4)nc3c2)ccc2c1C=CC(C)(C)O2. The molecule has 1 aliphatic heterocycles. The van der Waals surface area contributed by atoms with Gasteiger partial charge in [0, 0.05) is 5.69 Å². The molecule has 2 aromatic heterocycles. The van der Waals surface area contributed by atoms with Gasteiger partial charge in [-0.25, -0.2) is 9.78 Å². The Morgan fingerprint density at radius 3 is 2.84 bits per heavy atom. The smallest absolute Gasteiger partial charge is 0.323 e. The van der Waals surface area contributed by atoms with Gasteiger partial charge in [0.15, 0.2) is 5.75 Å². The molecule has 8 heteroatoms. The van der Waals surface area contributed by atoms with Gasteiger partial charge in [-0.1, -0.05) is 6.07 Å². The second-order valence-corrected chi connectivity index (χ2v) is 8.92. The summed E-state index contributed by atoms with van der Waals surface area (Å²) < 4.78 is 11.6. The van der Waals surface area contributed by atoms with E-state index in [4.69, 9.17) is 9.47 Å². The van der Waals surface area contributed by atoms with Gasteiger partial charge in [0.05, 0.1) is 34.3 Å². The topological polar surface area (TPSA) is 88.3 Å². The van der Waals surface area contributed by atoms with E-state index in [-0.39, 0.29) is 6.03 Å². The highest BCUT2D eigenvalue weighted by molar-refractivity contribution is 7.13. The molecule has 0 radical (unpaired) electrons. The molecule has 3 heterocycles. The number of H-pyrrole nitrogens is 1. The number of imidazole rings is 1. The summed E-state index contributed by atoms with van der Waals surface area (Å²) in [5, 5.41) is 7.74. The quantitative estimate of drug-likeness (QED) is 0.352. The summed E-state index contributed by atoms with van der Waals surface area (Å²) >= 11 is 1.62. The minimum atomic E-state index is -0.390. The van der Waals surface area contributed by atoms with E-state index in [9.17, 15) is 4.79 Å². The summed E-state index contributed by atoms with van der Waals surface area (Å²) in [6, 6.07) is 12.8. The summed E-state index contributed by atoms with van der Waals surface area (Å²) in [5.74, 6) is 2.08. The third-order valence-electron chi connectivity index (χ3n) is 5.13. The first kappa shape index (κ1) is 20.1. The molecule has 0 spiro atoms. The number of nitrogens with one attached hydrogen (secondary N) is 3. The first-order valence-corrected chi connectivity index (χ1v) is 11.0. The average Bonchev–Trinajstić information content (AvgIpc) is 3.42. The molecule has 2 aromatic carbocycles. The number of carbonyl (C=O) groups is 1. The summed E-state index contributed by atoms with van der Waals surface area (Å²) in [7, 11) is 1.57. The molecule has 2 amide bonds. The van der Waals surface area contributed by atoms with Gasteiger partial charge in [0.2, 0.25) is 0 Å². The summed E-state index contributed by atoms with van der Waals surface area (Å²) in [4.78, 5) is 21.7. The fourth-order valence-corrected chi connectivity index (χ4v) is 4.32.